The van der Waals surface area contributed by atoms with Crippen molar-refractivity contribution in [2.24, 2.45) is 0 Å². The van der Waals surface area contributed by atoms with Crippen LogP contribution in [0.4, 0.5) is 0 Å². The maximum atomic E-state index is 12.9. The number of ether oxygens (including phenoxy) is 3. The number of hydrogen-bond donors (Lipinski definition) is 0. The van der Waals surface area contributed by atoms with Crippen molar-refractivity contribution in [3.8, 4) is 0 Å². The molecular weight excluding hydrogens is 985 g/mol. The Balaban J connectivity index is 4.47. The van der Waals surface area contributed by atoms with E-state index in [9.17, 15) is 14.4 Å². The predicted octanol–water partition coefficient (Wildman–Crippen LogP) is 22.5. The zero-order valence-corrected chi connectivity index (χ0v) is 51.5. The van der Waals surface area contributed by atoms with Gasteiger partial charge < -0.3 is 14.2 Å². The van der Waals surface area contributed by atoms with Crippen LogP contribution in [0.3, 0.4) is 0 Å². The van der Waals surface area contributed by atoms with Gasteiger partial charge in [-0.05, 0) is 141 Å². The monoisotopic (exact) mass is 1100 g/mol. The van der Waals surface area contributed by atoms with Crippen molar-refractivity contribution < 1.29 is 28.6 Å². The summed E-state index contributed by atoms with van der Waals surface area (Å²) in [5.74, 6) is -0.987. The molecule has 0 aromatic carbocycles. The SMILES string of the molecule is CC/C=C\C/C=C\C/C=C\C/C=C\C/C=C\C/C=C\CCCCCCCCCCC(=O)OCC(COC(=O)CCC/C=C\C/C=C\C/C=C\C/C=C\C/C=C\CC)OC(=O)CCCCCCCCC/C=C\C/C=C\CCCCCC. The van der Waals surface area contributed by atoms with E-state index in [1.54, 1.807) is 0 Å². The molecule has 0 aliphatic carbocycles. The van der Waals surface area contributed by atoms with Crippen molar-refractivity contribution in [2.75, 3.05) is 13.2 Å². The molecule has 0 bridgehead atoms. The van der Waals surface area contributed by atoms with Crippen LogP contribution in [0, 0.1) is 0 Å². The van der Waals surface area contributed by atoms with E-state index >= 15 is 0 Å². The van der Waals surface area contributed by atoms with Gasteiger partial charge in [-0.2, -0.15) is 0 Å². The lowest BCUT2D eigenvalue weighted by atomic mass is 10.1. The van der Waals surface area contributed by atoms with Gasteiger partial charge in [-0.15, -0.1) is 0 Å². The summed E-state index contributed by atoms with van der Waals surface area (Å²) in [5, 5.41) is 0. The normalized spacial score (nSPS) is 13.2. The van der Waals surface area contributed by atoms with Crippen LogP contribution in [0.1, 0.15) is 271 Å². The fourth-order valence-electron chi connectivity index (χ4n) is 8.45. The van der Waals surface area contributed by atoms with Gasteiger partial charge in [0, 0.05) is 19.3 Å². The highest BCUT2D eigenvalue weighted by molar-refractivity contribution is 5.71. The number of esters is 3. The van der Waals surface area contributed by atoms with Crippen molar-refractivity contribution in [1.29, 1.82) is 0 Å². The summed E-state index contributed by atoms with van der Waals surface area (Å²) in [6.45, 7) is 6.34. The van der Waals surface area contributed by atoms with Crippen molar-refractivity contribution >= 4 is 17.9 Å². The number of rotatable bonds is 57. The number of unbranched alkanes of at least 4 members (excludes halogenated alkanes) is 20. The van der Waals surface area contributed by atoms with Gasteiger partial charge in [0.15, 0.2) is 6.10 Å². The maximum absolute atomic E-state index is 12.9. The highest BCUT2D eigenvalue weighted by Gasteiger charge is 2.19. The van der Waals surface area contributed by atoms with Gasteiger partial charge in [-0.3, -0.25) is 14.4 Å². The minimum atomic E-state index is -0.818. The lowest BCUT2D eigenvalue weighted by Crippen LogP contribution is -2.30. The van der Waals surface area contributed by atoms with E-state index in [-0.39, 0.29) is 37.5 Å². The van der Waals surface area contributed by atoms with Crippen LogP contribution < -0.4 is 0 Å². The molecule has 0 saturated carbocycles. The first-order chi connectivity index (χ1) is 39.5. The van der Waals surface area contributed by atoms with E-state index in [0.29, 0.717) is 19.3 Å². The molecule has 0 saturated heterocycles. The Morgan fingerprint density at radius 2 is 0.500 bits per heavy atom. The molecule has 1 atom stereocenters. The molecule has 0 rings (SSSR count). The third-order valence-electron chi connectivity index (χ3n) is 13.2. The largest absolute Gasteiger partial charge is 0.462 e. The predicted molar refractivity (Wildman–Crippen MR) is 348 cm³/mol. The number of hydrogen-bond acceptors (Lipinski definition) is 6. The molecule has 0 spiro atoms. The lowest BCUT2D eigenvalue weighted by Gasteiger charge is -2.18. The third-order valence-corrected chi connectivity index (χ3v) is 13.2. The topological polar surface area (TPSA) is 78.9 Å². The Morgan fingerprint density at radius 1 is 0.263 bits per heavy atom. The second kappa shape index (κ2) is 66.5. The molecule has 80 heavy (non-hydrogen) atoms. The lowest BCUT2D eigenvalue weighted by molar-refractivity contribution is -0.167. The molecule has 0 radical (unpaired) electrons. The molecule has 0 N–H and O–H groups in total. The van der Waals surface area contributed by atoms with Gasteiger partial charge in [-0.1, -0.05) is 269 Å². The van der Waals surface area contributed by atoms with E-state index in [2.05, 4.69) is 179 Å². The fourth-order valence-corrected chi connectivity index (χ4v) is 8.45. The van der Waals surface area contributed by atoms with Crippen molar-refractivity contribution in [3.05, 3.63) is 158 Å². The molecular formula is C74H118O6. The van der Waals surface area contributed by atoms with Crippen LogP contribution in [0.25, 0.3) is 0 Å². The van der Waals surface area contributed by atoms with Gasteiger partial charge in [0.25, 0.3) is 0 Å². The highest BCUT2D eigenvalue weighted by Crippen LogP contribution is 2.14. The summed E-state index contributed by atoms with van der Waals surface area (Å²) in [6, 6.07) is 0. The zero-order valence-electron chi connectivity index (χ0n) is 51.5. The molecule has 0 fully saturated rings. The zero-order chi connectivity index (χ0) is 57.8. The van der Waals surface area contributed by atoms with Gasteiger partial charge in [0.1, 0.15) is 13.2 Å². The number of carbonyl (C=O) groups is 3. The molecule has 0 aromatic heterocycles. The standard InChI is InChI=1S/C74H118O6/c1-4-7-10-13-16-19-22-25-28-31-33-34-35-36-37-38-39-40-41-44-46-49-52-55-58-61-64-67-73(76)79-70-71(69-78-72(75)66-63-60-57-54-51-48-45-42-30-27-24-21-18-15-12-9-6-3)80-74(77)68-65-62-59-56-53-50-47-43-32-29-26-23-20-17-14-11-8-5-2/h7,9-10,12,16,18-21,23,25,27-30,32-34,36-37,39-40,45,48,54,57,71H,4-6,8,11,13-15,17,22,24,26,31,35,38,41-44,46-47,49-53,55-56,58-70H2,1-3H3/b10-7-,12-9-,19-16-,21-18-,23-20-,28-25-,30-27-,32-29-,34-33-,37-36-,40-39-,48-45-,57-54-. The molecule has 0 heterocycles. The summed E-state index contributed by atoms with van der Waals surface area (Å²) in [5.41, 5.74) is 0. The van der Waals surface area contributed by atoms with E-state index < -0.39 is 6.10 Å². The maximum Gasteiger partial charge on any atom is 0.306 e. The Kier molecular flexibility index (Phi) is 62.4. The second-order valence-corrected chi connectivity index (χ2v) is 20.9. The van der Waals surface area contributed by atoms with E-state index in [1.807, 2.05) is 0 Å². The van der Waals surface area contributed by atoms with Gasteiger partial charge in [0.05, 0.1) is 0 Å². The quantitative estimate of drug-likeness (QED) is 0.0261. The summed E-state index contributed by atoms with van der Waals surface area (Å²) in [7, 11) is 0. The summed E-state index contributed by atoms with van der Waals surface area (Å²) in [6.07, 6.45) is 96.8. The number of allylic oxidation sites excluding steroid dienone is 26. The van der Waals surface area contributed by atoms with Crippen molar-refractivity contribution in [1.82, 2.24) is 0 Å². The minimum absolute atomic E-state index is 0.110. The number of carbonyl (C=O) groups excluding carboxylic acids is 3. The van der Waals surface area contributed by atoms with E-state index in [4.69, 9.17) is 14.2 Å². The molecule has 450 valence electrons. The Bertz CT molecular complexity index is 1790. The highest BCUT2D eigenvalue weighted by atomic mass is 16.6. The summed E-state index contributed by atoms with van der Waals surface area (Å²) in [4.78, 5) is 38.3. The molecule has 6 heteroatoms. The minimum Gasteiger partial charge on any atom is -0.462 e. The smallest absolute Gasteiger partial charge is 0.306 e. The summed E-state index contributed by atoms with van der Waals surface area (Å²) < 4.78 is 16.9. The van der Waals surface area contributed by atoms with Gasteiger partial charge in [0.2, 0.25) is 0 Å². The second-order valence-electron chi connectivity index (χ2n) is 20.9. The van der Waals surface area contributed by atoms with Crippen LogP contribution in [-0.4, -0.2) is 37.2 Å². The first kappa shape index (κ1) is 75.0. The Labute approximate surface area is 492 Å². The van der Waals surface area contributed by atoms with Crippen LogP contribution in [-0.2, 0) is 28.6 Å². The van der Waals surface area contributed by atoms with Crippen LogP contribution in [0.15, 0.2) is 158 Å². The molecule has 0 amide bonds. The fraction of sp³-hybridized carbons (Fsp3) is 0.608. The first-order valence-corrected chi connectivity index (χ1v) is 32.5. The average Bonchev–Trinajstić information content (AvgIpc) is 3.46. The Morgan fingerprint density at radius 3 is 0.812 bits per heavy atom. The molecule has 1 unspecified atom stereocenters. The molecule has 0 aromatic rings. The van der Waals surface area contributed by atoms with Crippen LogP contribution >= 0.6 is 0 Å². The van der Waals surface area contributed by atoms with Gasteiger partial charge >= 0.3 is 17.9 Å². The van der Waals surface area contributed by atoms with Crippen LogP contribution in [0.2, 0.25) is 0 Å². The first-order valence-electron chi connectivity index (χ1n) is 32.5. The van der Waals surface area contributed by atoms with E-state index in [1.165, 1.54) is 89.9 Å². The Hall–Kier alpha value is -4.97. The molecule has 6 nitrogen and oxygen atoms in total. The van der Waals surface area contributed by atoms with Crippen molar-refractivity contribution in [3.63, 3.8) is 0 Å². The third kappa shape index (κ3) is 63.9. The molecule has 0 aliphatic heterocycles. The average molecular weight is 1100 g/mol. The van der Waals surface area contributed by atoms with Crippen LogP contribution in [0.5, 0.6) is 0 Å². The van der Waals surface area contributed by atoms with E-state index in [0.717, 1.165) is 135 Å². The van der Waals surface area contributed by atoms with Gasteiger partial charge in [-0.25, -0.2) is 0 Å². The van der Waals surface area contributed by atoms with Crippen molar-refractivity contribution in [2.45, 2.75) is 277 Å². The molecule has 0 aliphatic rings. The summed E-state index contributed by atoms with van der Waals surface area (Å²) >= 11 is 0.